The van der Waals surface area contributed by atoms with E-state index < -0.39 is 0 Å². The number of carbonyl (C=O) groups excluding carboxylic acids is 1. The van der Waals surface area contributed by atoms with Gasteiger partial charge in [-0.25, -0.2) is 10.9 Å². The van der Waals surface area contributed by atoms with E-state index in [-0.39, 0.29) is 18.0 Å². The highest BCUT2D eigenvalue weighted by Crippen LogP contribution is 2.26. The number of methoxy groups -OCH3 is 1. The predicted octanol–water partition coefficient (Wildman–Crippen LogP) is 3.04. The van der Waals surface area contributed by atoms with Crippen molar-refractivity contribution >= 4 is 17.5 Å². The number of amides is 1. The average molecular weight is 429 g/mol. The SMILES string of the molecule is COc1cccc(CC(=O)NC2CCN(C3CC(c4ccc(Cl)cc4)NN3)CC2)c1. The Kier molecular flexibility index (Phi) is 6.89. The number of halogens is 1. The number of hydrogen-bond donors (Lipinski definition) is 3. The molecule has 160 valence electrons. The summed E-state index contributed by atoms with van der Waals surface area (Å²) in [4.78, 5) is 14.9. The fourth-order valence-corrected chi connectivity index (χ4v) is 4.42. The standard InChI is InChI=1S/C23H29ClN4O2/c1-30-20-4-2-3-16(13-20)14-23(29)25-19-9-11-28(12-10-19)22-15-21(26-27-22)17-5-7-18(24)8-6-17/h2-8,13,19,21-22,26-27H,9-12,14-15H2,1H3,(H,25,29). The number of ether oxygens (including phenoxy) is 1. The third-order valence-electron chi connectivity index (χ3n) is 5.99. The minimum atomic E-state index is 0.0742. The van der Waals surface area contributed by atoms with Gasteiger partial charge in [0.15, 0.2) is 0 Å². The van der Waals surface area contributed by atoms with E-state index in [2.05, 4.69) is 33.2 Å². The Morgan fingerprint density at radius 3 is 2.67 bits per heavy atom. The Labute approximate surface area is 182 Å². The Morgan fingerprint density at radius 2 is 1.93 bits per heavy atom. The fraction of sp³-hybridized carbons (Fsp3) is 0.435. The average Bonchev–Trinajstić information content (AvgIpc) is 3.25. The lowest BCUT2D eigenvalue weighted by molar-refractivity contribution is -0.121. The second-order valence-corrected chi connectivity index (χ2v) is 8.49. The van der Waals surface area contributed by atoms with Crippen LogP contribution in [0.5, 0.6) is 5.75 Å². The Bertz CT molecular complexity index is 853. The van der Waals surface area contributed by atoms with Crippen molar-refractivity contribution in [1.29, 1.82) is 0 Å². The number of nitrogens with one attached hydrogen (secondary N) is 3. The molecule has 2 unspecified atom stereocenters. The minimum Gasteiger partial charge on any atom is -0.497 e. The van der Waals surface area contributed by atoms with Gasteiger partial charge < -0.3 is 10.1 Å². The first-order valence-electron chi connectivity index (χ1n) is 10.5. The van der Waals surface area contributed by atoms with Crippen molar-refractivity contribution in [3.8, 4) is 5.75 Å². The maximum absolute atomic E-state index is 12.4. The lowest BCUT2D eigenvalue weighted by Crippen LogP contribution is -2.51. The van der Waals surface area contributed by atoms with Gasteiger partial charge in [0.1, 0.15) is 5.75 Å². The quantitative estimate of drug-likeness (QED) is 0.660. The van der Waals surface area contributed by atoms with E-state index in [9.17, 15) is 4.79 Å². The van der Waals surface area contributed by atoms with E-state index in [1.165, 1.54) is 5.56 Å². The summed E-state index contributed by atoms with van der Waals surface area (Å²) in [5.74, 6) is 0.855. The third kappa shape index (κ3) is 5.32. The first-order chi connectivity index (χ1) is 14.6. The van der Waals surface area contributed by atoms with E-state index in [1.54, 1.807) is 7.11 Å². The Morgan fingerprint density at radius 1 is 1.17 bits per heavy atom. The largest absolute Gasteiger partial charge is 0.497 e. The van der Waals surface area contributed by atoms with E-state index in [0.717, 1.165) is 48.7 Å². The highest BCUT2D eigenvalue weighted by Gasteiger charge is 2.32. The molecular weight excluding hydrogens is 400 g/mol. The first kappa shape index (κ1) is 21.1. The lowest BCUT2D eigenvalue weighted by Gasteiger charge is -2.35. The van der Waals surface area contributed by atoms with Crippen molar-refractivity contribution in [1.82, 2.24) is 21.1 Å². The number of carbonyl (C=O) groups is 1. The number of piperidine rings is 1. The van der Waals surface area contributed by atoms with Crippen LogP contribution in [0.15, 0.2) is 48.5 Å². The molecule has 0 aliphatic carbocycles. The van der Waals surface area contributed by atoms with Crippen molar-refractivity contribution in [3.63, 3.8) is 0 Å². The van der Waals surface area contributed by atoms with Gasteiger partial charge in [-0.2, -0.15) is 0 Å². The van der Waals surface area contributed by atoms with Crippen molar-refractivity contribution in [2.24, 2.45) is 0 Å². The summed E-state index contributed by atoms with van der Waals surface area (Å²) in [5.41, 5.74) is 9.05. The van der Waals surface area contributed by atoms with Crippen molar-refractivity contribution < 1.29 is 9.53 Å². The van der Waals surface area contributed by atoms with Crippen LogP contribution in [0.3, 0.4) is 0 Å². The molecule has 2 atom stereocenters. The molecule has 0 aromatic heterocycles. The molecule has 1 amide bonds. The number of nitrogens with zero attached hydrogens (tertiary/aromatic N) is 1. The van der Waals surface area contributed by atoms with Crippen LogP contribution in [0.25, 0.3) is 0 Å². The van der Waals surface area contributed by atoms with Crippen LogP contribution in [0.4, 0.5) is 0 Å². The van der Waals surface area contributed by atoms with Crippen LogP contribution in [0.1, 0.15) is 36.4 Å². The molecule has 0 bridgehead atoms. The zero-order valence-electron chi connectivity index (χ0n) is 17.2. The highest BCUT2D eigenvalue weighted by molar-refractivity contribution is 6.30. The van der Waals surface area contributed by atoms with Crippen LogP contribution < -0.4 is 20.9 Å². The van der Waals surface area contributed by atoms with Crippen LogP contribution in [0, 0.1) is 0 Å². The van der Waals surface area contributed by atoms with Crippen LogP contribution in [0.2, 0.25) is 5.02 Å². The molecule has 2 aliphatic heterocycles. The van der Waals surface area contributed by atoms with E-state index in [4.69, 9.17) is 16.3 Å². The molecule has 30 heavy (non-hydrogen) atoms. The Hall–Kier alpha value is -2.12. The topological polar surface area (TPSA) is 65.6 Å². The molecule has 6 nitrogen and oxygen atoms in total. The third-order valence-corrected chi connectivity index (χ3v) is 6.24. The maximum atomic E-state index is 12.4. The van der Waals surface area contributed by atoms with Gasteiger partial charge >= 0.3 is 0 Å². The fourth-order valence-electron chi connectivity index (χ4n) is 4.29. The second-order valence-electron chi connectivity index (χ2n) is 8.05. The minimum absolute atomic E-state index is 0.0742. The van der Waals surface area contributed by atoms with Gasteiger partial charge in [-0.3, -0.25) is 9.69 Å². The molecule has 0 radical (unpaired) electrons. The van der Waals surface area contributed by atoms with Gasteiger partial charge in [0.25, 0.3) is 0 Å². The molecule has 2 saturated heterocycles. The summed E-state index contributed by atoms with van der Waals surface area (Å²) in [6.45, 7) is 1.94. The first-order valence-corrected chi connectivity index (χ1v) is 10.9. The van der Waals surface area contributed by atoms with Gasteiger partial charge in [-0.15, -0.1) is 0 Å². The van der Waals surface area contributed by atoms with E-state index in [0.29, 0.717) is 12.6 Å². The summed E-state index contributed by atoms with van der Waals surface area (Å²) in [6, 6.07) is 16.2. The van der Waals surface area contributed by atoms with Crippen LogP contribution >= 0.6 is 11.6 Å². The molecule has 7 heteroatoms. The van der Waals surface area contributed by atoms with E-state index in [1.807, 2.05) is 36.4 Å². The van der Waals surface area contributed by atoms with Crippen LogP contribution in [-0.4, -0.2) is 43.2 Å². The molecule has 0 spiro atoms. The van der Waals surface area contributed by atoms with Gasteiger partial charge in [0, 0.05) is 30.2 Å². The van der Waals surface area contributed by atoms with E-state index >= 15 is 0 Å². The molecule has 2 fully saturated rings. The maximum Gasteiger partial charge on any atom is 0.224 e. The zero-order chi connectivity index (χ0) is 20.9. The normalized spacial score (nSPS) is 22.7. The van der Waals surface area contributed by atoms with Gasteiger partial charge in [0.2, 0.25) is 5.91 Å². The molecular formula is C23H29ClN4O2. The van der Waals surface area contributed by atoms with Crippen molar-refractivity contribution in [2.45, 2.75) is 43.9 Å². The smallest absolute Gasteiger partial charge is 0.224 e. The molecule has 0 saturated carbocycles. The number of likely N-dealkylation sites (tertiary alicyclic amines) is 1. The molecule has 2 heterocycles. The summed E-state index contributed by atoms with van der Waals surface area (Å²) < 4.78 is 5.23. The van der Waals surface area contributed by atoms with Crippen molar-refractivity contribution in [3.05, 3.63) is 64.7 Å². The lowest BCUT2D eigenvalue weighted by atomic mass is 10.0. The van der Waals surface area contributed by atoms with Gasteiger partial charge in [0.05, 0.1) is 19.7 Å². The summed E-state index contributed by atoms with van der Waals surface area (Å²) in [7, 11) is 1.64. The van der Waals surface area contributed by atoms with Gasteiger partial charge in [-0.05, 0) is 54.7 Å². The molecule has 4 rings (SSSR count). The molecule has 3 N–H and O–H groups in total. The highest BCUT2D eigenvalue weighted by atomic mass is 35.5. The molecule has 2 aliphatic rings. The number of hydrogen-bond acceptors (Lipinski definition) is 5. The molecule has 2 aromatic rings. The summed E-state index contributed by atoms with van der Waals surface area (Å²) >= 11 is 6.00. The summed E-state index contributed by atoms with van der Waals surface area (Å²) in [6.07, 6.45) is 3.63. The second kappa shape index (κ2) is 9.79. The van der Waals surface area contributed by atoms with Gasteiger partial charge in [-0.1, -0.05) is 35.9 Å². The zero-order valence-corrected chi connectivity index (χ0v) is 18.0. The number of hydrazine groups is 1. The monoisotopic (exact) mass is 428 g/mol. The number of benzene rings is 2. The Balaban J connectivity index is 1.22. The summed E-state index contributed by atoms with van der Waals surface area (Å²) in [5, 5.41) is 3.96. The number of rotatable bonds is 6. The molecule has 2 aromatic carbocycles. The van der Waals surface area contributed by atoms with Crippen molar-refractivity contribution in [2.75, 3.05) is 20.2 Å². The predicted molar refractivity (Wildman–Crippen MR) is 118 cm³/mol. The van der Waals surface area contributed by atoms with Crippen LogP contribution in [-0.2, 0) is 11.2 Å².